The lowest BCUT2D eigenvalue weighted by Gasteiger charge is -2.22. The third-order valence-corrected chi connectivity index (χ3v) is 3.51. The zero-order valence-electron chi connectivity index (χ0n) is 11.1. The molecule has 0 aliphatic heterocycles. The Hall–Kier alpha value is -1.81. The second kappa shape index (κ2) is 5.05. The average Bonchev–Trinajstić information content (AvgIpc) is 3.15. The summed E-state index contributed by atoms with van der Waals surface area (Å²) in [4.78, 5) is 17.7. The maximum Gasteiger partial charge on any atom is 0.256 e. The topological polar surface area (TPSA) is 45.3 Å². The number of carbonyl (C=O) groups excluding carboxylic acids is 1. The van der Waals surface area contributed by atoms with Crippen LogP contribution in [0.3, 0.4) is 0 Å². The number of hydrogen-bond acceptors (Lipinski definition) is 2. The second-order valence-electron chi connectivity index (χ2n) is 4.87. The average molecular weight is 258 g/mol. The van der Waals surface area contributed by atoms with Gasteiger partial charge in [-0.15, -0.1) is 0 Å². The number of H-pyrrole nitrogens is 1. The van der Waals surface area contributed by atoms with E-state index in [9.17, 15) is 4.79 Å². The van der Waals surface area contributed by atoms with Crippen molar-refractivity contribution < 1.29 is 9.53 Å². The molecule has 3 rings (SSSR count). The highest BCUT2D eigenvalue weighted by molar-refractivity contribution is 6.06. The van der Waals surface area contributed by atoms with E-state index < -0.39 is 0 Å². The SMILES string of the molecule is CCOCN(C(=O)c1cccc2[nH]ccc12)C1CC1. The molecule has 100 valence electrons. The molecule has 4 nitrogen and oxygen atoms in total. The minimum absolute atomic E-state index is 0.0705. The molecule has 0 bridgehead atoms. The van der Waals surface area contributed by atoms with E-state index in [1.807, 2.05) is 42.3 Å². The van der Waals surface area contributed by atoms with E-state index in [1.54, 1.807) is 0 Å². The first-order valence-corrected chi connectivity index (χ1v) is 6.76. The summed E-state index contributed by atoms with van der Waals surface area (Å²) < 4.78 is 5.43. The van der Waals surface area contributed by atoms with Crippen molar-refractivity contribution in [1.82, 2.24) is 9.88 Å². The number of fused-ring (bicyclic) bond motifs is 1. The van der Waals surface area contributed by atoms with Crippen LogP contribution in [-0.2, 0) is 4.74 Å². The van der Waals surface area contributed by atoms with Crippen LogP contribution in [0.4, 0.5) is 0 Å². The molecule has 1 aromatic carbocycles. The second-order valence-corrected chi connectivity index (χ2v) is 4.87. The van der Waals surface area contributed by atoms with Crippen LogP contribution in [0, 0.1) is 0 Å². The van der Waals surface area contributed by atoms with Crippen LogP contribution in [0.1, 0.15) is 30.1 Å². The Morgan fingerprint density at radius 2 is 2.26 bits per heavy atom. The molecule has 2 aromatic rings. The van der Waals surface area contributed by atoms with Crippen molar-refractivity contribution in [2.75, 3.05) is 13.3 Å². The van der Waals surface area contributed by atoms with Crippen molar-refractivity contribution in [3.63, 3.8) is 0 Å². The summed E-state index contributed by atoms with van der Waals surface area (Å²) in [6, 6.07) is 8.09. The van der Waals surface area contributed by atoms with Crippen LogP contribution >= 0.6 is 0 Å². The predicted molar refractivity (Wildman–Crippen MR) is 74.0 cm³/mol. The molecule has 4 heteroatoms. The molecule has 1 aliphatic rings. The number of benzene rings is 1. The lowest BCUT2D eigenvalue weighted by molar-refractivity contribution is 0.0253. The smallest absolute Gasteiger partial charge is 0.256 e. The van der Waals surface area contributed by atoms with Crippen LogP contribution in [0.15, 0.2) is 30.5 Å². The minimum atomic E-state index is 0.0705. The molecule has 0 atom stereocenters. The van der Waals surface area contributed by atoms with E-state index >= 15 is 0 Å². The van der Waals surface area contributed by atoms with Gasteiger partial charge >= 0.3 is 0 Å². The summed E-state index contributed by atoms with van der Waals surface area (Å²) in [6.45, 7) is 2.97. The van der Waals surface area contributed by atoms with Gasteiger partial charge in [0.2, 0.25) is 0 Å². The standard InChI is InChI=1S/C15H18N2O2/c1-2-19-10-17(11-6-7-11)15(18)13-4-3-5-14-12(13)8-9-16-14/h3-5,8-9,11,16H,2,6-7,10H2,1H3. The minimum Gasteiger partial charge on any atom is -0.361 e. The summed E-state index contributed by atoms with van der Waals surface area (Å²) in [5.41, 5.74) is 1.75. The van der Waals surface area contributed by atoms with Crippen LogP contribution < -0.4 is 0 Å². The lowest BCUT2D eigenvalue weighted by atomic mass is 10.1. The molecule has 0 saturated heterocycles. The molecule has 1 fully saturated rings. The van der Waals surface area contributed by atoms with Crippen LogP contribution in [-0.4, -0.2) is 35.2 Å². The Kier molecular flexibility index (Phi) is 3.25. The van der Waals surface area contributed by atoms with Gasteiger partial charge in [0.25, 0.3) is 5.91 Å². The van der Waals surface area contributed by atoms with Crippen molar-refractivity contribution in [2.24, 2.45) is 0 Å². The van der Waals surface area contributed by atoms with Crippen LogP contribution in [0.25, 0.3) is 10.9 Å². The molecule has 1 heterocycles. The summed E-state index contributed by atoms with van der Waals surface area (Å²) in [5, 5.41) is 0.981. The molecular weight excluding hydrogens is 240 g/mol. The maximum absolute atomic E-state index is 12.7. The van der Waals surface area contributed by atoms with Crippen LogP contribution in [0.5, 0.6) is 0 Å². The highest BCUT2D eigenvalue weighted by atomic mass is 16.5. The Morgan fingerprint density at radius 1 is 1.42 bits per heavy atom. The Bertz CT molecular complexity index is 587. The lowest BCUT2D eigenvalue weighted by Crippen LogP contribution is -2.35. The van der Waals surface area contributed by atoms with Gasteiger partial charge in [-0.1, -0.05) is 6.07 Å². The van der Waals surface area contributed by atoms with Crippen molar-refractivity contribution in [1.29, 1.82) is 0 Å². The third-order valence-electron chi connectivity index (χ3n) is 3.51. The fraction of sp³-hybridized carbons (Fsp3) is 0.400. The molecule has 0 radical (unpaired) electrons. The largest absolute Gasteiger partial charge is 0.361 e. The van der Waals surface area contributed by atoms with E-state index in [2.05, 4.69) is 4.98 Å². The number of ether oxygens (including phenoxy) is 1. The van der Waals surface area contributed by atoms with Crippen molar-refractivity contribution in [3.05, 3.63) is 36.0 Å². The molecule has 1 aliphatic carbocycles. The van der Waals surface area contributed by atoms with Crippen molar-refractivity contribution in [3.8, 4) is 0 Å². The van der Waals surface area contributed by atoms with Gasteiger partial charge < -0.3 is 14.6 Å². The van der Waals surface area contributed by atoms with Gasteiger partial charge in [0.1, 0.15) is 6.73 Å². The summed E-state index contributed by atoms with van der Waals surface area (Å²) >= 11 is 0. The molecule has 1 aromatic heterocycles. The number of rotatable bonds is 5. The van der Waals surface area contributed by atoms with Gasteiger partial charge in [-0.05, 0) is 38.0 Å². The van der Waals surface area contributed by atoms with Gasteiger partial charge in [0, 0.05) is 35.3 Å². The van der Waals surface area contributed by atoms with E-state index in [4.69, 9.17) is 4.74 Å². The Morgan fingerprint density at radius 3 is 3.00 bits per heavy atom. The predicted octanol–water partition coefficient (Wildman–Crippen LogP) is 2.77. The Labute approximate surface area is 112 Å². The quantitative estimate of drug-likeness (QED) is 0.838. The number of aromatic amines is 1. The maximum atomic E-state index is 12.7. The first-order chi connectivity index (χ1) is 9.31. The molecule has 1 amide bonds. The first-order valence-electron chi connectivity index (χ1n) is 6.76. The zero-order chi connectivity index (χ0) is 13.2. The molecule has 19 heavy (non-hydrogen) atoms. The zero-order valence-corrected chi connectivity index (χ0v) is 11.1. The highest BCUT2D eigenvalue weighted by Gasteiger charge is 2.33. The highest BCUT2D eigenvalue weighted by Crippen LogP contribution is 2.29. The number of aromatic nitrogens is 1. The number of nitrogens with zero attached hydrogens (tertiary/aromatic N) is 1. The van der Waals surface area contributed by atoms with E-state index in [-0.39, 0.29) is 5.91 Å². The normalized spacial score (nSPS) is 14.8. The monoisotopic (exact) mass is 258 g/mol. The fourth-order valence-corrected chi connectivity index (χ4v) is 2.33. The van der Waals surface area contributed by atoms with Gasteiger partial charge in [-0.2, -0.15) is 0 Å². The van der Waals surface area contributed by atoms with Gasteiger partial charge in [-0.25, -0.2) is 0 Å². The molecule has 0 unspecified atom stereocenters. The first kappa shape index (κ1) is 12.2. The van der Waals surface area contributed by atoms with E-state index in [0.717, 1.165) is 29.3 Å². The van der Waals surface area contributed by atoms with Gasteiger partial charge in [0.05, 0.1) is 0 Å². The molecular formula is C15H18N2O2. The number of hydrogen-bond donors (Lipinski definition) is 1. The summed E-state index contributed by atoms with van der Waals surface area (Å²) in [7, 11) is 0. The number of amides is 1. The van der Waals surface area contributed by atoms with Crippen molar-refractivity contribution in [2.45, 2.75) is 25.8 Å². The molecule has 0 spiro atoms. The molecule has 1 N–H and O–H groups in total. The van der Waals surface area contributed by atoms with E-state index in [0.29, 0.717) is 19.4 Å². The summed E-state index contributed by atoms with van der Waals surface area (Å²) in [6.07, 6.45) is 4.04. The Balaban J connectivity index is 1.90. The molecule has 1 saturated carbocycles. The van der Waals surface area contributed by atoms with Gasteiger partial charge in [-0.3, -0.25) is 4.79 Å². The number of carbonyl (C=O) groups is 1. The van der Waals surface area contributed by atoms with E-state index in [1.165, 1.54) is 0 Å². The summed E-state index contributed by atoms with van der Waals surface area (Å²) in [5.74, 6) is 0.0705. The third kappa shape index (κ3) is 2.36. The van der Waals surface area contributed by atoms with Crippen LogP contribution in [0.2, 0.25) is 0 Å². The van der Waals surface area contributed by atoms with Gasteiger partial charge in [0.15, 0.2) is 0 Å². The van der Waals surface area contributed by atoms with Crippen molar-refractivity contribution >= 4 is 16.8 Å². The fourth-order valence-electron chi connectivity index (χ4n) is 2.33. The number of nitrogens with one attached hydrogen (secondary N) is 1.